The zero-order valence-corrected chi connectivity index (χ0v) is 11.2. The Kier molecular flexibility index (Phi) is 2.24. The van der Waals surface area contributed by atoms with Gasteiger partial charge >= 0.3 is 0 Å². The zero-order valence-electron chi connectivity index (χ0n) is 10.4. The van der Waals surface area contributed by atoms with Gasteiger partial charge in [0.25, 0.3) is 0 Å². The van der Waals surface area contributed by atoms with E-state index in [0.717, 1.165) is 17.1 Å². The molecule has 1 atom stereocenters. The molecule has 0 N–H and O–H groups in total. The van der Waals surface area contributed by atoms with Crippen LogP contribution in [0.4, 0.5) is 0 Å². The average Bonchev–Trinajstić information content (AvgIpc) is 2.49. The number of nitrogens with zero attached hydrogens (tertiary/aromatic N) is 1. The lowest BCUT2D eigenvalue weighted by molar-refractivity contribution is 0.538. The van der Waals surface area contributed by atoms with Gasteiger partial charge in [0.2, 0.25) is 0 Å². The molecule has 0 saturated heterocycles. The van der Waals surface area contributed by atoms with E-state index in [2.05, 4.69) is 37.9 Å². The van der Waals surface area contributed by atoms with Crippen LogP contribution in [0.5, 0.6) is 0 Å². The van der Waals surface area contributed by atoms with Crippen LogP contribution in [0.3, 0.4) is 0 Å². The van der Waals surface area contributed by atoms with Crippen LogP contribution in [0.25, 0.3) is 5.70 Å². The molecule has 1 unspecified atom stereocenters. The van der Waals surface area contributed by atoms with Crippen molar-refractivity contribution in [1.29, 1.82) is 0 Å². The highest BCUT2D eigenvalue weighted by Gasteiger charge is 2.40. The first kappa shape index (κ1) is 11.0. The van der Waals surface area contributed by atoms with E-state index in [1.165, 1.54) is 16.7 Å². The quantitative estimate of drug-likeness (QED) is 0.640. The fourth-order valence-electron chi connectivity index (χ4n) is 3.25. The number of halogens is 1. The van der Waals surface area contributed by atoms with Crippen molar-refractivity contribution in [1.82, 2.24) is 0 Å². The first-order valence-corrected chi connectivity index (χ1v) is 6.47. The van der Waals surface area contributed by atoms with E-state index in [9.17, 15) is 0 Å². The summed E-state index contributed by atoms with van der Waals surface area (Å²) in [6.07, 6.45) is 3.08. The summed E-state index contributed by atoms with van der Waals surface area (Å²) < 4.78 is 0. The Balaban J connectivity index is 2.30. The highest BCUT2D eigenvalue weighted by molar-refractivity contribution is 6.30. The molecule has 1 nitrogen and oxygen atoms in total. The summed E-state index contributed by atoms with van der Waals surface area (Å²) in [6.45, 7) is 6.87. The Hall–Kier alpha value is -1.08. The molecule has 1 aromatic carbocycles. The van der Waals surface area contributed by atoms with E-state index in [0.29, 0.717) is 5.92 Å². The van der Waals surface area contributed by atoms with Gasteiger partial charge in [-0.25, -0.2) is 0 Å². The molecule has 1 aromatic rings. The molecule has 0 amide bonds. The second-order valence-electron chi connectivity index (χ2n) is 5.53. The van der Waals surface area contributed by atoms with Crippen molar-refractivity contribution in [2.45, 2.75) is 32.6 Å². The second-order valence-corrected chi connectivity index (χ2v) is 5.96. The predicted octanol–water partition coefficient (Wildman–Crippen LogP) is 4.45. The molecular weight excluding hydrogens is 230 g/mol. The fraction of sp³-hybridized carbons (Fsp3) is 0.400. The molecule has 0 radical (unpaired) electrons. The maximum Gasteiger partial charge on any atom is 0.0705 e. The summed E-state index contributed by atoms with van der Waals surface area (Å²) in [7, 11) is 0. The standard InChI is InChI=1S/C15H16ClN/c1-9-6-7-17-14-11-8-10(16)4-5-12(11)15(2,3)13(9)14/h4-5,7-9H,6H2,1-3H3. The first-order chi connectivity index (χ1) is 8.01. The summed E-state index contributed by atoms with van der Waals surface area (Å²) in [4.78, 5) is 4.62. The van der Waals surface area contributed by atoms with Gasteiger partial charge < -0.3 is 0 Å². The average molecular weight is 246 g/mol. The van der Waals surface area contributed by atoms with Gasteiger partial charge in [-0.2, -0.15) is 0 Å². The molecule has 0 spiro atoms. The van der Waals surface area contributed by atoms with Gasteiger partial charge in [0.05, 0.1) is 5.70 Å². The second kappa shape index (κ2) is 3.46. The normalized spacial score (nSPS) is 24.8. The Labute approximate surface area is 107 Å². The maximum atomic E-state index is 6.11. The third-order valence-electron chi connectivity index (χ3n) is 4.01. The summed E-state index contributed by atoms with van der Waals surface area (Å²) in [5.41, 5.74) is 5.30. The third-order valence-corrected chi connectivity index (χ3v) is 4.25. The number of fused-ring (bicyclic) bond motifs is 2. The van der Waals surface area contributed by atoms with E-state index in [1.807, 2.05) is 12.3 Å². The van der Waals surface area contributed by atoms with E-state index < -0.39 is 0 Å². The summed E-state index contributed by atoms with van der Waals surface area (Å²) in [5.74, 6) is 0.573. The predicted molar refractivity (Wildman–Crippen MR) is 73.7 cm³/mol. The molecule has 0 fully saturated rings. The Bertz CT molecular complexity index is 552. The van der Waals surface area contributed by atoms with Gasteiger partial charge in [0.15, 0.2) is 0 Å². The van der Waals surface area contributed by atoms with Crippen molar-refractivity contribution in [3.63, 3.8) is 0 Å². The highest BCUT2D eigenvalue weighted by atomic mass is 35.5. The molecule has 17 heavy (non-hydrogen) atoms. The van der Waals surface area contributed by atoms with Gasteiger partial charge in [-0.05, 0) is 35.6 Å². The maximum absolute atomic E-state index is 6.11. The highest BCUT2D eigenvalue weighted by Crippen LogP contribution is 2.51. The third kappa shape index (κ3) is 1.42. The smallest absolute Gasteiger partial charge is 0.0705 e. The van der Waals surface area contributed by atoms with Gasteiger partial charge in [-0.3, -0.25) is 4.99 Å². The lowest BCUT2D eigenvalue weighted by atomic mass is 9.75. The molecule has 2 aliphatic rings. The summed E-state index contributed by atoms with van der Waals surface area (Å²) >= 11 is 6.11. The van der Waals surface area contributed by atoms with Crippen molar-refractivity contribution in [3.05, 3.63) is 39.9 Å². The summed E-state index contributed by atoms with van der Waals surface area (Å²) in [5, 5.41) is 0.793. The van der Waals surface area contributed by atoms with Gasteiger partial charge in [-0.15, -0.1) is 0 Å². The van der Waals surface area contributed by atoms with Crippen LogP contribution >= 0.6 is 11.6 Å². The van der Waals surface area contributed by atoms with E-state index >= 15 is 0 Å². The van der Waals surface area contributed by atoms with Crippen LogP contribution < -0.4 is 0 Å². The van der Waals surface area contributed by atoms with Crippen molar-refractivity contribution in [2.24, 2.45) is 10.9 Å². The lowest BCUT2D eigenvalue weighted by Gasteiger charge is -2.29. The number of aliphatic imine (C=N–C) groups is 1. The minimum atomic E-state index is 0.0897. The minimum absolute atomic E-state index is 0.0897. The number of hydrogen-bond donors (Lipinski definition) is 0. The fourth-order valence-corrected chi connectivity index (χ4v) is 3.42. The van der Waals surface area contributed by atoms with Crippen molar-refractivity contribution in [3.8, 4) is 0 Å². The molecular formula is C15H16ClN. The van der Waals surface area contributed by atoms with Crippen LogP contribution in [0.1, 0.15) is 38.3 Å². The van der Waals surface area contributed by atoms with Crippen LogP contribution in [0, 0.1) is 5.92 Å². The Morgan fingerprint density at radius 3 is 2.88 bits per heavy atom. The molecule has 0 bridgehead atoms. The van der Waals surface area contributed by atoms with Crippen molar-refractivity contribution < 1.29 is 0 Å². The van der Waals surface area contributed by atoms with Crippen LogP contribution in [0.15, 0.2) is 28.8 Å². The van der Waals surface area contributed by atoms with Gasteiger partial charge in [-0.1, -0.05) is 38.4 Å². The van der Waals surface area contributed by atoms with E-state index in [4.69, 9.17) is 11.6 Å². The number of rotatable bonds is 0. The lowest BCUT2D eigenvalue weighted by Crippen LogP contribution is -2.22. The molecule has 1 aliphatic carbocycles. The molecule has 1 heterocycles. The number of hydrogen-bond acceptors (Lipinski definition) is 1. The zero-order chi connectivity index (χ0) is 12.2. The number of benzene rings is 1. The molecule has 3 rings (SSSR count). The van der Waals surface area contributed by atoms with E-state index in [1.54, 1.807) is 0 Å². The minimum Gasteiger partial charge on any atom is -0.261 e. The van der Waals surface area contributed by atoms with Crippen molar-refractivity contribution in [2.75, 3.05) is 0 Å². The number of allylic oxidation sites excluding steroid dienone is 1. The molecule has 1 aliphatic heterocycles. The first-order valence-electron chi connectivity index (χ1n) is 6.09. The van der Waals surface area contributed by atoms with Crippen LogP contribution in [-0.4, -0.2) is 6.21 Å². The van der Waals surface area contributed by atoms with E-state index in [-0.39, 0.29) is 5.41 Å². The Morgan fingerprint density at radius 1 is 1.35 bits per heavy atom. The van der Waals surface area contributed by atoms with Crippen molar-refractivity contribution >= 4 is 23.5 Å². The van der Waals surface area contributed by atoms with Crippen LogP contribution in [0.2, 0.25) is 5.02 Å². The molecule has 0 aromatic heterocycles. The largest absolute Gasteiger partial charge is 0.261 e. The monoisotopic (exact) mass is 245 g/mol. The SMILES string of the molecule is CC1CC=NC2=C1C(C)(C)c1ccc(Cl)cc12. The summed E-state index contributed by atoms with van der Waals surface area (Å²) in [6, 6.07) is 6.18. The topological polar surface area (TPSA) is 12.4 Å². The van der Waals surface area contributed by atoms with Gasteiger partial charge in [0, 0.05) is 22.2 Å². The van der Waals surface area contributed by atoms with Gasteiger partial charge in [0.1, 0.15) is 0 Å². The Morgan fingerprint density at radius 2 is 2.12 bits per heavy atom. The molecule has 0 saturated carbocycles. The van der Waals surface area contributed by atoms with Crippen LogP contribution in [-0.2, 0) is 5.41 Å². The molecule has 2 heteroatoms. The molecule has 88 valence electrons.